The summed E-state index contributed by atoms with van der Waals surface area (Å²) in [7, 11) is 0. The summed E-state index contributed by atoms with van der Waals surface area (Å²) in [6.07, 6.45) is 1.04. The van der Waals surface area contributed by atoms with Crippen LogP contribution in [0.4, 0.5) is 15.8 Å². The largest absolute Gasteiger partial charge is 0.326 e. The van der Waals surface area contributed by atoms with Gasteiger partial charge in [0.05, 0.1) is 11.4 Å². The minimum atomic E-state index is -0.566. The van der Waals surface area contributed by atoms with Crippen molar-refractivity contribution in [3.8, 4) is 0 Å². The maximum atomic E-state index is 13.6. The van der Waals surface area contributed by atoms with E-state index in [1.165, 1.54) is 23.9 Å². The summed E-state index contributed by atoms with van der Waals surface area (Å²) >= 11 is 7.07. The smallest absolute Gasteiger partial charge is 0.234 e. The van der Waals surface area contributed by atoms with Crippen LogP contribution in [-0.4, -0.2) is 23.3 Å². The Bertz CT molecular complexity index is 786. The zero-order valence-corrected chi connectivity index (χ0v) is 15.9. The Balaban J connectivity index is 1.62. The maximum absolute atomic E-state index is 13.6. The number of hydrogen-bond acceptors (Lipinski definition) is 3. The van der Waals surface area contributed by atoms with Crippen molar-refractivity contribution < 1.29 is 14.0 Å². The zero-order chi connectivity index (χ0) is 18.9. The van der Waals surface area contributed by atoms with Gasteiger partial charge in [-0.2, -0.15) is 11.8 Å². The molecule has 2 N–H and O–H groups in total. The van der Waals surface area contributed by atoms with Gasteiger partial charge in [-0.25, -0.2) is 4.39 Å². The third-order valence-electron chi connectivity index (χ3n) is 3.43. The van der Waals surface area contributed by atoms with E-state index in [4.69, 9.17) is 11.6 Å². The molecule has 0 unspecified atom stereocenters. The van der Waals surface area contributed by atoms with Crippen molar-refractivity contribution in [3.05, 3.63) is 58.9 Å². The van der Waals surface area contributed by atoms with Gasteiger partial charge in [0.25, 0.3) is 0 Å². The molecule has 0 atom stereocenters. The Morgan fingerprint density at radius 3 is 2.65 bits per heavy atom. The molecular formula is C19H20ClFN2O2S. The van der Waals surface area contributed by atoms with Gasteiger partial charge in [-0.3, -0.25) is 9.59 Å². The van der Waals surface area contributed by atoms with Crippen molar-refractivity contribution in [3.63, 3.8) is 0 Å². The molecule has 0 aliphatic heterocycles. The molecule has 138 valence electrons. The molecule has 0 aliphatic rings. The predicted molar refractivity (Wildman–Crippen MR) is 106 cm³/mol. The Hall–Kier alpha value is -2.05. The number of thioether (sulfide) groups is 1. The molecular weight excluding hydrogens is 375 g/mol. The van der Waals surface area contributed by atoms with Crippen LogP contribution in [0.3, 0.4) is 0 Å². The number of carbonyl (C=O) groups is 2. The van der Waals surface area contributed by atoms with E-state index in [1.807, 2.05) is 31.2 Å². The molecule has 0 aromatic heterocycles. The van der Waals surface area contributed by atoms with Crippen LogP contribution in [0.25, 0.3) is 0 Å². The molecule has 0 heterocycles. The summed E-state index contributed by atoms with van der Waals surface area (Å²) in [5.74, 6) is -0.0488. The van der Waals surface area contributed by atoms with Gasteiger partial charge >= 0.3 is 0 Å². The number of halogens is 2. The Morgan fingerprint density at radius 1 is 1.12 bits per heavy atom. The van der Waals surface area contributed by atoms with E-state index in [0.29, 0.717) is 18.6 Å². The topological polar surface area (TPSA) is 58.2 Å². The van der Waals surface area contributed by atoms with Gasteiger partial charge in [0.2, 0.25) is 11.8 Å². The first-order valence-corrected chi connectivity index (χ1v) is 9.66. The van der Waals surface area contributed by atoms with Crippen molar-refractivity contribution >= 4 is 46.6 Å². The number of amides is 2. The number of aryl methyl sites for hydroxylation is 1. The molecule has 2 aromatic carbocycles. The molecule has 0 saturated heterocycles. The number of anilines is 2. The molecule has 7 heteroatoms. The Kier molecular flexibility index (Phi) is 7.94. The van der Waals surface area contributed by atoms with Crippen LogP contribution in [-0.2, 0) is 9.59 Å². The number of nitrogens with one attached hydrogen (secondary N) is 2. The molecule has 0 bridgehead atoms. The lowest BCUT2D eigenvalue weighted by atomic mass is 10.2. The van der Waals surface area contributed by atoms with E-state index in [0.717, 1.165) is 17.3 Å². The van der Waals surface area contributed by atoms with Crippen LogP contribution in [0.2, 0.25) is 5.02 Å². The Morgan fingerprint density at radius 2 is 1.92 bits per heavy atom. The van der Waals surface area contributed by atoms with Gasteiger partial charge in [0.1, 0.15) is 5.82 Å². The summed E-state index contributed by atoms with van der Waals surface area (Å²) in [6.45, 7) is 1.97. The third kappa shape index (κ3) is 7.06. The van der Waals surface area contributed by atoms with Crippen LogP contribution >= 0.6 is 23.4 Å². The molecule has 0 radical (unpaired) electrons. The second-order valence-electron chi connectivity index (χ2n) is 5.75. The summed E-state index contributed by atoms with van der Waals surface area (Å²) in [5.41, 5.74) is 1.98. The lowest BCUT2D eigenvalue weighted by Crippen LogP contribution is -2.15. The normalized spacial score (nSPS) is 10.4. The predicted octanol–water partition coefficient (Wildman–Crippen LogP) is 4.88. The number of benzene rings is 2. The molecule has 2 rings (SSSR count). The maximum Gasteiger partial charge on any atom is 0.234 e. The molecule has 2 amide bonds. The average Bonchev–Trinajstić information content (AvgIpc) is 2.57. The molecule has 0 spiro atoms. The second-order valence-corrected chi connectivity index (χ2v) is 7.29. The average molecular weight is 395 g/mol. The molecule has 2 aromatic rings. The molecule has 0 aliphatic carbocycles. The first-order chi connectivity index (χ1) is 12.4. The van der Waals surface area contributed by atoms with Crippen molar-refractivity contribution in [2.75, 3.05) is 22.1 Å². The van der Waals surface area contributed by atoms with Crippen molar-refractivity contribution in [1.82, 2.24) is 0 Å². The van der Waals surface area contributed by atoms with Gasteiger partial charge in [0.15, 0.2) is 0 Å². The van der Waals surface area contributed by atoms with Crippen LogP contribution in [0.5, 0.6) is 0 Å². The van der Waals surface area contributed by atoms with Gasteiger partial charge in [-0.05, 0) is 55.0 Å². The fourth-order valence-electron chi connectivity index (χ4n) is 2.22. The summed E-state index contributed by atoms with van der Waals surface area (Å²) in [4.78, 5) is 23.7. The van der Waals surface area contributed by atoms with E-state index in [9.17, 15) is 14.0 Å². The van der Waals surface area contributed by atoms with Gasteiger partial charge in [-0.1, -0.05) is 23.7 Å². The van der Waals surface area contributed by atoms with Crippen LogP contribution in [0.15, 0.2) is 42.5 Å². The molecule has 0 fully saturated rings. The lowest BCUT2D eigenvalue weighted by molar-refractivity contribution is -0.116. The van der Waals surface area contributed by atoms with Gasteiger partial charge < -0.3 is 10.6 Å². The summed E-state index contributed by atoms with van der Waals surface area (Å²) < 4.78 is 13.6. The first kappa shape index (κ1) is 20.3. The minimum absolute atomic E-state index is 0.0520. The number of carbonyl (C=O) groups excluding carboxylic acids is 2. The highest BCUT2D eigenvalue weighted by atomic mass is 35.5. The van der Waals surface area contributed by atoms with E-state index >= 15 is 0 Å². The van der Waals surface area contributed by atoms with Crippen molar-refractivity contribution in [2.45, 2.75) is 19.8 Å². The van der Waals surface area contributed by atoms with Crippen LogP contribution in [0, 0.1) is 12.7 Å². The van der Waals surface area contributed by atoms with E-state index in [2.05, 4.69) is 10.6 Å². The fraction of sp³-hybridized carbons (Fsp3) is 0.263. The second kappa shape index (κ2) is 10.2. The number of rotatable bonds is 8. The standard InChI is InChI=1S/C19H20ClFN2O2S/c1-13-4-2-5-15(10-13)22-18(24)6-3-9-26-12-19(25)23-17-8-7-14(20)11-16(17)21/h2,4-5,7-8,10-11H,3,6,9,12H2,1H3,(H,22,24)(H,23,25). The van der Waals surface area contributed by atoms with E-state index < -0.39 is 5.82 Å². The Labute approximate surface area is 161 Å². The van der Waals surface area contributed by atoms with Crippen molar-refractivity contribution in [1.29, 1.82) is 0 Å². The summed E-state index contributed by atoms with van der Waals surface area (Å²) in [5, 5.41) is 5.62. The SMILES string of the molecule is Cc1cccc(NC(=O)CCCSCC(=O)Nc2ccc(Cl)cc2F)c1. The molecule has 0 saturated carbocycles. The monoisotopic (exact) mass is 394 g/mol. The van der Waals surface area contributed by atoms with E-state index in [1.54, 1.807) is 0 Å². The third-order valence-corrected chi connectivity index (χ3v) is 4.71. The highest BCUT2D eigenvalue weighted by Gasteiger charge is 2.08. The molecule has 26 heavy (non-hydrogen) atoms. The lowest BCUT2D eigenvalue weighted by Gasteiger charge is -2.07. The van der Waals surface area contributed by atoms with Crippen molar-refractivity contribution in [2.24, 2.45) is 0 Å². The van der Waals surface area contributed by atoms with Crippen LogP contribution < -0.4 is 10.6 Å². The molecule has 4 nitrogen and oxygen atoms in total. The highest BCUT2D eigenvalue weighted by molar-refractivity contribution is 7.99. The highest BCUT2D eigenvalue weighted by Crippen LogP contribution is 2.19. The summed E-state index contributed by atoms with van der Waals surface area (Å²) in [6, 6.07) is 11.7. The van der Waals surface area contributed by atoms with E-state index in [-0.39, 0.29) is 28.3 Å². The first-order valence-electron chi connectivity index (χ1n) is 8.13. The van der Waals surface area contributed by atoms with Gasteiger partial charge in [-0.15, -0.1) is 0 Å². The number of hydrogen-bond donors (Lipinski definition) is 2. The van der Waals surface area contributed by atoms with Crippen LogP contribution in [0.1, 0.15) is 18.4 Å². The quantitative estimate of drug-likeness (QED) is 0.627. The zero-order valence-electron chi connectivity index (χ0n) is 14.4. The van der Waals surface area contributed by atoms with Gasteiger partial charge in [0, 0.05) is 17.1 Å². The minimum Gasteiger partial charge on any atom is -0.326 e. The fourth-order valence-corrected chi connectivity index (χ4v) is 3.13.